The van der Waals surface area contributed by atoms with Gasteiger partial charge in [0.15, 0.2) is 0 Å². The summed E-state index contributed by atoms with van der Waals surface area (Å²) < 4.78 is 11.0. The van der Waals surface area contributed by atoms with E-state index in [9.17, 15) is 4.79 Å². The summed E-state index contributed by atoms with van der Waals surface area (Å²) in [4.78, 5) is 18.6. The van der Waals surface area contributed by atoms with Crippen molar-refractivity contribution in [2.75, 3.05) is 6.61 Å². The molecule has 0 bridgehead atoms. The van der Waals surface area contributed by atoms with Crippen LogP contribution in [0.1, 0.15) is 38.2 Å². The van der Waals surface area contributed by atoms with Gasteiger partial charge in [0.1, 0.15) is 5.75 Å². The minimum absolute atomic E-state index is 0.262. The first kappa shape index (κ1) is 14.3. The van der Waals surface area contributed by atoms with E-state index in [0.717, 1.165) is 35.1 Å². The van der Waals surface area contributed by atoms with Gasteiger partial charge in [-0.15, -0.1) is 0 Å². The van der Waals surface area contributed by atoms with Gasteiger partial charge in [-0.1, -0.05) is 12.8 Å². The topological polar surface area (TPSA) is 51.7 Å². The molecule has 1 fully saturated rings. The molecule has 1 aliphatic carbocycles. The van der Waals surface area contributed by atoms with E-state index in [2.05, 4.69) is 11.1 Å². The fourth-order valence-electron chi connectivity index (χ4n) is 3.52. The number of rotatable bonds is 3. The van der Waals surface area contributed by atoms with Crippen LogP contribution in [0.4, 0.5) is 4.79 Å². The maximum atomic E-state index is 12.3. The minimum atomic E-state index is -0.262. The van der Waals surface area contributed by atoms with Gasteiger partial charge in [-0.05, 0) is 44.0 Å². The summed E-state index contributed by atoms with van der Waals surface area (Å²) in [5, 5.41) is 1.01. The Balaban J connectivity index is 1.69. The Morgan fingerprint density at radius 1 is 1.30 bits per heavy atom. The van der Waals surface area contributed by atoms with Gasteiger partial charge in [0.25, 0.3) is 0 Å². The van der Waals surface area contributed by atoms with E-state index < -0.39 is 0 Å². The Bertz CT molecular complexity index is 753. The highest BCUT2D eigenvalue weighted by atomic mass is 16.6. The summed E-state index contributed by atoms with van der Waals surface area (Å²) in [7, 11) is 0. The number of pyridine rings is 1. The summed E-state index contributed by atoms with van der Waals surface area (Å²) in [5.74, 6) is 1.28. The lowest BCUT2D eigenvalue weighted by Gasteiger charge is -2.32. The minimum Gasteiger partial charge on any atom is -0.494 e. The molecule has 0 saturated heterocycles. The second kappa shape index (κ2) is 5.72. The number of hydrogen-bond acceptors (Lipinski definition) is 4. The molecule has 1 saturated carbocycles. The van der Waals surface area contributed by atoms with Gasteiger partial charge in [-0.2, -0.15) is 0 Å². The van der Waals surface area contributed by atoms with Crippen LogP contribution in [0.2, 0.25) is 0 Å². The van der Waals surface area contributed by atoms with Crippen molar-refractivity contribution in [2.45, 2.75) is 45.2 Å². The molecular formula is C18H20N2O3. The van der Waals surface area contributed by atoms with Crippen molar-refractivity contribution in [1.82, 2.24) is 9.88 Å². The van der Waals surface area contributed by atoms with Crippen molar-refractivity contribution >= 4 is 17.0 Å². The maximum absolute atomic E-state index is 12.3. The molecule has 120 valence electrons. The summed E-state index contributed by atoms with van der Waals surface area (Å²) in [6, 6.07) is 8.15. The summed E-state index contributed by atoms with van der Waals surface area (Å²) >= 11 is 0. The molecule has 1 aromatic heterocycles. The fourth-order valence-corrected chi connectivity index (χ4v) is 3.52. The van der Waals surface area contributed by atoms with Gasteiger partial charge in [0, 0.05) is 17.0 Å². The number of benzene rings is 1. The van der Waals surface area contributed by atoms with Crippen LogP contribution in [0, 0.1) is 0 Å². The van der Waals surface area contributed by atoms with E-state index in [1.54, 1.807) is 0 Å². The normalized spacial score (nSPS) is 18.1. The highest BCUT2D eigenvalue weighted by molar-refractivity contribution is 5.83. The van der Waals surface area contributed by atoms with Crippen molar-refractivity contribution in [1.29, 1.82) is 0 Å². The van der Waals surface area contributed by atoms with Crippen molar-refractivity contribution in [3.8, 4) is 11.6 Å². The zero-order chi connectivity index (χ0) is 15.8. The van der Waals surface area contributed by atoms with Crippen LogP contribution < -0.4 is 9.47 Å². The van der Waals surface area contributed by atoms with Crippen LogP contribution in [-0.2, 0) is 6.54 Å². The van der Waals surface area contributed by atoms with Gasteiger partial charge in [0.2, 0.25) is 5.88 Å². The molecule has 1 aliphatic heterocycles. The Labute approximate surface area is 135 Å². The van der Waals surface area contributed by atoms with Crippen molar-refractivity contribution in [3.05, 3.63) is 29.8 Å². The molecule has 4 rings (SSSR count). The first-order valence-corrected chi connectivity index (χ1v) is 8.29. The maximum Gasteiger partial charge on any atom is 0.417 e. The van der Waals surface area contributed by atoms with Crippen LogP contribution in [0.25, 0.3) is 10.9 Å². The van der Waals surface area contributed by atoms with Crippen LogP contribution in [-0.4, -0.2) is 28.6 Å². The third-order valence-corrected chi connectivity index (χ3v) is 4.66. The van der Waals surface area contributed by atoms with Crippen LogP contribution in [0.15, 0.2) is 24.3 Å². The van der Waals surface area contributed by atoms with E-state index in [-0.39, 0.29) is 6.09 Å². The molecule has 0 spiro atoms. The van der Waals surface area contributed by atoms with Gasteiger partial charge in [-0.3, -0.25) is 0 Å². The number of nitrogens with zero attached hydrogens (tertiary/aromatic N) is 2. The molecule has 2 heterocycles. The number of carbonyl (C=O) groups excluding carboxylic acids is 1. The van der Waals surface area contributed by atoms with Gasteiger partial charge in [0.05, 0.1) is 18.7 Å². The molecule has 2 aliphatic rings. The third kappa shape index (κ3) is 2.60. The lowest BCUT2D eigenvalue weighted by molar-refractivity contribution is 0.114. The molecule has 0 unspecified atom stereocenters. The highest BCUT2D eigenvalue weighted by Crippen LogP contribution is 2.33. The van der Waals surface area contributed by atoms with Crippen LogP contribution in [0.5, 0.6) is 11.6 Å². The monoisotopic (exact) mass is 312 g/mol. The summed E-state index contributed by atoms with van der Waals surface area (Å²) in [5.41, 5.74) is 1.78. The van der Waals surface area contributed by atoms with E-state index in [4.69, 9.17) is 9.47 Å². The van der Waals surface area contributed by atoms with Crippen molar-refractivity contribution in [2.24, 2.45) is 0 Å². The lowest BCUT2D eigenvalue weighted by atomic mass is 10.1. The number of carbonyl (C=O) groups is 1. The first-order chi connectivity index (χ1) is 11.2. The highest BCUT2D eigenvalue weighted by Gasteiger charge is 2.33. The molecule has 2 aromatic rings. The molecular weight excluding hydrogens is 292 g/mol. The fraction of sp³-hybridized carbons (Fsp3) is 0.444. The Hall–Kier alpha value is -2.30. The number of aromatic nitrogens is 1. The Morgan fingerprint density at radius 3 is 2.91 bits per heavy atom. The molecule has 1 aromatic carbocycles. The van der Waals surface area contributed by atoms with Crippen molar-refractivity contribution in [3.63, 3.8) is 0 Å². The SMILES string of the molecule is CCOc1ccc2nc3c(cc2c1)CN(C1CCCC1)C(=O)O3. The number of fused-ring (bicyclic) bond motifs is 2. The van der Waals surface area contributed by atoms with Crippen LogP contribution >= 0.6 is 0 Å². The smallest absolute Gasteiger partial charge is 0.417 e. The number of ether oxygens (including phenoxy) is 2. The third-order valence-electron chi connectivity index (χ3n) is 4.66. The van der Waals surface area contributed by atoms with Crippen molar-refractivity contribution < 1.29 is 14.3 Å². The Morgan fingerprint density at radius 2 is 2.13 bits per heavy atom. The molecule has 1 amide bonds. The lowest BCUT2D eigenvalue weighted by Crippen LogP contribution is -2.43. The molecule has 23 heavy (non-hydrogen) atoms. The van der Waals surface area contributed by atoms with E-state index in [0.29, 0.717) is 25.1 Å². The van der Waals surface area contributed by atoms with E-state index in [1.807, 2.05) is 30.0 Å². The largest absolute Gasteiger partial charge is 0.494 e. The van der Waals surface area contributed by atoms with E-state index >= 15 is 0 Å². The quantitative estimate of drug-likeness (QED) is 0.863. The number of hydrogen-bond donors (Lipinski definition) is 0. The Kier molecular flexibility index (Phi) is 3.56. The zero-order valence-electron chi connectivity index (χ0n) is 13.2. The molecule has 0 N–H and O–H groups in total. The summed E-state index contributed by atoms with van der Waals surface area (Å²) in [6.45, 7) is 3.19. The first-order valence-electron chi connectivity index (χ1n) is 8.29. The molecule has 5 nitrogen and oxygen atoms in total. The van der Waals surface area contributed by atoms with Crippen LogP contribution in [0.3, 0.4) is 0 Å². The molecule has 5 heteroatoms. The molecule has 0 radical (unpaired) electrons. The second-order valence-corrected chi connectivity index (χ2v) is 6.17. The zero-order valence-corrected chi connectivity index (χ0v) is 13.2. The summed E-state index contributed by atoms with van der Waals surface area (Å²) in [6.07, 6.45) is 4.26. The second-order valence-electron chi connectivity index (χ2n) is 6.17. The van der Waals surface area contributed by atoms with Gasteiger partial charge < -0.3 is 14.4 Å². The van der Waals surface area contributed by atoms with Gasteiger partial charge >= 0.3 is 6.09 Å². The standard InChI is InChI=1S/C18H20N2O3/c1-2-22-15-7-8-16-12(10-15)9-13-11-20(14-5-3-4-6-14)18(21)23-17(13)19-16/h7-10,14H,2-6,11H2,1H3. The van der Waals surface area contributed by atoms with E-state index in [1.165, 1.54) is 12.8 Å². The number of amides is 1. The average Bonchev–Trinajstić information content (AvgIpc) is 3.07. The molecule has 0 atom stereocenters. The average molecular weight is 312 g/mol. The predicted molar refractivity (Wildman–Crippen MR) is 86.7 cm³/mol. The predicted octanol–water partition coefficient (Wildman–Crippen LogP) is 3.89. The van der Waals surface area contributed by atoms with Gasteiger partial charge in [-0.25, -0.2) is 9.78 Å².